The van der Waals surface area contributed by atoms with Crippen molar-refractivity contribution in [1.82, 2.24) is 0 Å². The number of amides is 1. The molecule has 1 atom stereocenters. The second-order valence-corrected chi connectivity index (χ2v) is 4.74. The monoisotopic (exact) mass is 290 g/mol. The molecule has 0 saturated heterocycles. The number of carbonyl (C=O) groups excluding carboxylic acids is 1. The van der Waals surface area contributed by atoms with E-state index in [1.54, 1.807) is 24.3 Å². The third kappa shape index (κ3) is 2.40. The Hall–Kier alpha value is -2.63. The summed E-state index contributed by atoms with van der Waals surface area (Å²) in [6, 6.07) is 8.85. The number of hydrogen-bond donors (Lipinski definition) is 2. The molecular weight excluding hydrogens is 278 g/mol. The van der Waals surface area contributed by atoms with Crippen LogP contribution in [0.2, 0.25) is 0 Å². The number of nitrogens with two attached hydrogens (primary N) is 1. The highest BCUT2D eigenvalue weighted by Crippen LogP contribution is 2.34. The molecule has 0 fully saturated rings. The molecule has 0 spiro atoms. The molecule has 3 rings (SSSR count). The number of carbonyl (C=O) groups is 1. The summed E-state index contributed by atoms with van der Waals surface area (Å²) in [5.41, 5.74) is 5.74. The average Bonchev–Trinajstić information content (AvgIpc) is 2.88. The predicted molar refractivity (Wildman–Crippen MR) is 74.1 cm³/mol. The van der Waals surface area contributed by atoms with Gasteiger partial charge in [-0.3, -0.25) is 4.79 Å². The SMILES string of the molecule is Nc1cc(NC(=O)C2COc3ccccc32)c(F)cc1F. The minimum Gasteiger partial charge on any atom is -0.492 e. The van der Waals surface area contributed by atoms with Gasteiger partial charge in [0.2, 0.25) is 5.91 Å². The highest BCUT2D eigenvalue weighted by atomic mass is 19.1. The first kappa shape index (κ1) is 13.4. The zero-order chi connectivity index (χ0) is 15.0. The highest BCUT2D eigenvalue weighted by Gasteiger charge is 2.30. The molecule has 21 heavy (non-hydrogen) atoms. The van der Waals surface area contributed by atoms with Gasteiger partial charge in [0, 0.05) is 11.6 Å². The summed E-state index contributed by atoms with van der Waals surface area (Å²) in [4.78, 5) is 12.2. The van der Waals surface area contributed by atoms with E-state index in [-0.39, 0.29) is 18.0 Å². The Kier molecular flexibility index (Phi) is 3.21. The maximum Gasteiger partial charge on any atom is 0.235 e. The fourth-order valence-electron chi connectivity index (χ4n) is 2.26. The number of anilines is 2. The van der Waals surface area contributed by atoms with Crippen LogP contribution >= 0.6 is 0 Å². The smallest absolute Gasteiger partial charge is 0.235 e. The lowest BCUT2D eigenvalue weighted by atomic mass is 10.0. The molecule has 1 aliphatic rings. The number of para-hydroxylation sites is 1. The number of fused-ring (bicyclic) bond motifs is 1. The van der Waals surface area contributed by atoms with Gasteiger partial charge in [0.05, 0.1) is 11.4 Å². The molecule has 1 aliphatic heterocycles. The Bertz CT molecular complexity index is 719. The number of benzene rings is 2. The van der Waals surface area contributed by atoms with Crippen LogP contribution in [0.3, 0.4) is 0 Å². The normalized spacial score (nSPS) is 16.2. The zero-order valence-corrected chi connectivity index (χ0v) is 10.9. The molecule has 1 unspecified atom stereocenters. The van der Waals surface area contributed by atoms with Gasteiger partial charge in [-0.25, -0.2) is 8.78 Å². The quantitative estimate of drug-likeness (QED) is 0.836. The van der Waals surface area contributed by atoms with Crippen molar-refractivity contribution in [1.29, 1.82) is 0 Å². The molecule has 0 radical (unpaired) electrons. The number of nitrogens with one attached hydrogen (secondary N) is 1. The second-order valence-electron chi connectivity index (χ2n) is 4.74. The molecule has 1 heterocycles. The average molecular weight is 290 g/mol. The van der Waals surface area contributed by atoms with Gasteiger partial charge in [-0.2, -0.15) is 0 Å². The van der Waals surface area contributed by atoms with Crippen LogP contribution in [0.4, 0.5) is 20.2 Å². The van der Waals surface area contributed by atoms with E-state index in [1.807, 2.05) is 0 Å². The standard InChI is InChI=1S/C15H12F2N2O2/c16-10-5-11(17)13(6-12(10)18)19-15(20)9-7-21-14-4-2-1-3-8(9)14/h1-6,9H,7,18H2,(H,19,20). The van der Waals surface area contributed by atoms with Gasteiger partial charge in [-0.1, -0.05) is 18.2 Å². The maximum atomic E-state index is 13.6. The molecule has 108 valence electrons. The Morgan fingerprint density at radius 1 is 1.24 bits per heavy atom. The van der Waals surface area contributed by atoms with E-state index in [0.717, 1.165) is 11.6 Å². The van der Waals surface area contributed by atoms with Crippen molar-refractivity contribution in [2.75, 3.05) is 17.7 Å². The van der Waals surface area contributed by atoms with Crippen LogP contribution in [-0.4, -0.2) is 12.5 Å². The number of hydrogen-bond acceptors (Lipinski definition) is 3. The summed E-state index contributed by atoms with van der Waals surface area (Å²) in [6.45, 7) is 0.184. The first-order chi connectivity index (χ1) is 10.1. The first-order valence-corrected chi connectivity index (χ1v) is 6.33. The van der Waals surface area contributed by atoms with E-state index in [9.17, 15) is 13.6 Å². The van der Waals surface area contributed by atoms with Crippen molar-refractivity contribution in [3.05, 3.63) is 53.6 Å². The molecular formula is C15H12F2N2O2. The van der Waals surface area contributed by atoms with E-state index in [2.05, 4.69) is 5.32 Å². The molecule has 2 aromatic carbocycles. The topological polar surface area (TPSA) is 64.3 Å². The molecule has 6 heteroatoms. The van der Waals surface area contributed by atoms with Crippen LogP contribution in [0.5, 0.6) is 5.75 Å². The largest absolute Gasteiger partial charge is 0.492 e. The third-order valence-electron chi connectivity index (χ3n) is 3.36. The lowest BCUT2D eigenvalue weighted by Gasteiger charge is -2.11. The highest BCUT2D eigenvalue weighted by molar-refractivity contribution is 5.97. The van der Waals surface area contributed by atoms with Gasteiger partial charge >= 0.3 is 0 Å². The predicted octanol–water partition coefficient (Wildman–Crippen LogP) is 2.66. The van der Waals surface area contributed by atoms with Crippen LogP contribution < -0.4 is 15.8 Å². The van der Waals surface area contributed by atoms with E-state index >= 15 is 0 Å². The van der Waals surface area contributed by atoms with Gasteiger partial charge in [0.15, 0.2) is 0 Å². The van der Waals surface area contributed by atoms with Crippen molar-refractivity contribution in [2.24, 2.45) is 0 Å². The summed E-state index contributed by atoms with van der Waals surface area (Å²) in [7, 11) is 0. The van der Waals surface area contributed by atoms with Gasteiger partial charge in [0.25, 0.3) is 0 Å². The van der Waals surface area contributed by atoms with Crippen LogP contribution in [0, 0.1) is 11.6 Å². The molecule has 2 aromatic rings. The number of nitrogen functional groups attached to an aromatic ring is 1. The lowest BCUT2D eigenvalue weighted by molar-refractivity contribution is -0.117. The van der Waals surface area contributed by atoms with Crippen molar-refractivity contribution >= 4 is 17.3 Å². The van der Waals surface area contributed by atoms with Gasteiger partial charge < -0.3 is 15.8 Å². The van der Waals surface area contributed by atoms with Crippen LogP contribution in [-0.2, 0) is 4.79 Å². The minimum absolute atomic E-state index is 0.150. The Balaban J connectivity index is 1.84. The van der Waals surface area contributed by atoms with Crippen LogP contribution in [0.1, 0.15) is 11.5 Å². The van der Waals surface area contributed by atoms with Crippen LogP contribution in [0.25, 0.3) is 0 Å². The van der Waals surface area contributed by atoms with Crippen molar-refractivity contribution in [3.63, 3.8) is 0 Å². The molecule has 0 aromatic heterocycles. The Labute approximate surface area is 119 Å². The summed E-state index contributed by atoms with van der Waals surface area (Å²) in [5, 5.41) is 2.42. The van der Waals surface area contributed by atoms with Crippen molar-refractivity contribution in [2.45, 2.75) is 5.92 Å². The molecule has 4 nitrogen and oxygen atoms in total. The maximum absolute atomic E-state index is 13.6. The zero-order valence-electron chi connectivity index (χ0n) is 10.9. The second kappa shape index (κ2) is 5.05. The van der Waals surface area contributed by atoms with E-state index in [1.165, 1.54) is 0 Å². The summed E-state index contributed by atoms with van der Waals surface area (Å²) in [6.07, 6.45) is 0. The molecule has 3 N–H and O–H groups in total. The first-order valence-electron chi connectivity index (χ1n) is 6.33. The van der Waals surface area contributed by atoms with E-state index in [0.29, 0.717) is 11.8 Å². The number of rotatable bonds is 2. The summed E-state index contributed by atoms with van der Waals surface area (Å²) in [5.74, 6) is -2.06. The summed E-state index contributed by atoms with van der Waals surface area (Å²) < 4.78 is 32.1. The fraction of sp³-hybridized carbons (Fsp3) is 0.133. The molecule has 0 bridgehead atoms. The number of ether oxygens (including phenoxy) is 1. The minimum atomic E-state index is -0.873. The van der Waals surface area contributed by atoms with Crippen molar-refractivity contribution in [3.8, 4) is 5.75 Å². The molecule has 1 amide bonds. The lowest BCUT2D eigenvalue weighted by Crippen LogP contribution is -2.23. The fourth-order valence-corrected chi connectivity index (χ4v) is 2.26. The molecule has 0 saturated carbocycles. The Morgan fingerprint density at radius 3 is 2.81 bits per heavy atom. The van der Waals surface area contributed by atoms with Crippen LogP contribution in [0.15, 0.2) is 36.4 Å². The van der Waals surface area contributed by atoms with Gasteiger partial charge in [-0.05, 0) is 12.1 Å². The van der Waals surface area contributed by atoms with Crippen molar-refractivity contribution < 1.29 is 18.3 Å². The van der Waals surface area contributed by atoms with Gasteiger partial charge in [-0.15, -0.1) is 0 Å². The van der Waals surface area contributed by atoms with Gasteiger partial charge in [0.1, 0.15) is 29.9 Å². The Morgan fingerprint density at radius 2 is 2.00 bits per heavy atom. The summed E-state index contributed by atoms with van der Waals surface area (Å²) >= 11 is 0. The third-order valence-corrected chi connectivity index (χ3v) is 3.36. The number of halogens is 2. The van der Waals surface area contributed by atoms with E-state index in [4.69, 9.17) is 10.5 Å². The van der Waals surface area contributed by atoms with E-state index < -0.39 is 23.5 Å². The molecule has 0 aliphatic carbocycles.